The average molecular weight is 318 g/mol. The van der Waals surface area contributed by atoms with E-state index < -0.39 is 0 Å². The topological polar surface area (TPSA) is 59.5 Å². The lowest BCUT2D eigenvalue weighted by Gasteiger charge is -2.33. The molecule has 4 heterocycles. The standard InChI is InChI=1S/C18H18N6/c1-12-8-14(9-12)21-18-19-11-17-16(4-7-24(17)22-18)13-3-6-23-15(10-13)2-5-20-23/h2-7,10-12,14H,8-9H2,1H3,(H,21,22). The van der Waals surface area contributed by atoms with E-state index in [-0.39, 0.29) is 0 Å². The molecule has 4 aromatic rings. The van der Waals surface area contributed by atoms with E-state index in [2.05, 4.69) is 45.6 Å². The zero-order valence-corrected chi connectivity index (χ0v) is 13.4. The molecule has 24 heavy (non-hydrogen) atoms. The van der Waals surface area contributed by atoms with Gasteiger partial charge in [-0.1, -0.05) is 6.92 Å². The maximum absolute atomic E-state index is 4.60. The van der Waals surface area contributed by atoms with Crippen LogP contribution < -0.4 is 5.32 Å². The predicted octanol–water partition coefficient (Wildman–Crippen LogP) is 3.25. The molecule has 0 aromatic carbocycles. The Balaban J connectivity index is 1.50. The molecule has 0 aliphatic heterocycles. The zero-order valence-electron chi connectivity index (χ0n) is 13.4. The first-order valence-electron chi connectivity index (χ1n) is 8.31. The van der Waals surface area contributed by atoms with Gasteiger partial charge in [-0.3, -0.25) is 0 Å². The number of nitrogens with one attached hydrogen (secondary N) is 1. The molecule has 120 valence electrons. The van der Waals surface area contributed by atoms with Crippen molar-refractivity contribution in [1.82, 2.24) is 24.2 Å². The molecule has 0 unspecified atom stereocenters. The van der Waals surface area contributed by atoms with Gasteiger partial charge in [0.2, 0.25) is 5.95 Å². The quantitative estimate of drug-likeness (QED) is 0.630. The Hall–Kier alpha value is -2.89. The van der Waals surface area contributed by atoms with Crippen LogP contribution in [0.1, 0.15) is 19.8 Å². The van der Waals surface area contributed by atoms with E-state index in [4.69, 9.17) is 0 Å². The second kappa shape index (κ2) is 5.06. The smallest absolute Gasteiger partial charge is 0.241 e. The third kappa shape index (κ3) is 2.14. The third-order valence-corrected chi connectivity index (χ3v) is 4.83. The highest BCUT2D eigenvalue weighted by atomic mass is 15.3. The number of anilines is 1. The molecule has 1 aliphatic rings. The lowest BCUT2D eigenvalue weighted by molar-refractivity contribution is 0.307. The fraction of sp³-hybridized carbons (Fsp3) is 0.278. The molecular formula is C18H18N6. The van der Waals surface area contributed by atoms with E-state index in [9.17, 15) is 0 Å². The lowest BCUT2D eigenvalue weighted by Crippen LogP contribution is -2.34. The summed E-state index contributed by atoms with van der Waals surface area (Å²) < 4.78 is 3.76. The number of nitrogens with zero attached hydrogens (tertiary/aromatic N) is 5. The SMILES string of the molecule is CC1CC(Nc2ncc3c(-c4ccn5nccc5c4)ccn3n2)C1. The maximum Gasteiger partial charge on any atom is 0.241 e. The molecule has 1 aliphatic carbocycles. The van der Waals surface area contributed by atoms with Crippen LogP contribution in [0.25, 0.3) is 22.2 Å². The van der Waals surface area contributed by atoms with E-state index in [1.54, 1.807) is 6.20 Å². The van der Waals surface area contributed by atoms with Gasteiger partial charge in [0.25, 0.3) is 0 Å². The minimum Gasteiger partial charge on any atom is -0.350 e. The van der Waals surface area contributed by atoms with Gasteiger partial charge >= 0.3 is 0 Å². The number of aromatic nitrogens is 5. The van der Waals surface area contributed by atoms with Crippen LogP contribution in [0.3, 0.4) is 0 Å². The van der Waals surface area contributed by atoms with E-state index in [0.717, 1.165) is 28.1 Å². The summed E-state index contributed by atoms with van der Waals surface area (Å²) in [5.74, 6) is 1.51. The van der Waals surface area contributed by atoms with Gasteiger partial charge in [-0.2, -0.15) is 5.10 Å². The highest BCUT2D eigenvalue weighted by Gasteiger charge is 2.25. The minimum atomic E-state index is 0.511. The monoisotopic (exact) mass is 318 g/mol. The normalized spacial score (nSPS) is 20.4. The fourth-order valence-electron chi connectivity index (χ4n) is 3.50. The summed E-state index contributed by atoms with van der Waals surface area (Å²) in [6.07, 6.45) is 10.1. The van der Waals surface area contributed by atoms with Crippen molar-refractivity contribution in [2.24, 2.45) is 5.92 Å². The van der Waals surface area contributed by atoms with Crippen molar-refractivity contribution < 1.29 is 0 Å². The Kier molecular flexibility index (Phi) is 2.85. The molecular weight excluding hydrogens is 300 g/mol. The van der Waals surface area contributed by atoms with Gasteiger partial charge in [0.05, 0.1) is 17.2 Å². The lowest BCUT2D eigenvalue weighted by atomic mass is 9.82. The van der Waals surface area contributed by atoms with Crippen molar-refractivity contribution in [3.8, 4) is 11.1 Å². The van der Waals surface area contributed by atoms with Crippen molar-refractivity contribution in [1.29, 1.82) is 0 Å². The van der Waals surface area contributed by atoms with Crippen molar-refractivity contribution in [2.45, 2.75) is 25.8 Å². The molecule has 1 saturated carbocycles. The maximum atomic E-state index is 4.60. The molecule has 0 amide bonds. The van der Waals surface area contributed by atoms with Crippen LogP contribution in [0.15, 0.2) is 49.1 Å². The van der Waals surface area contributed by atoms with Crippen molar-refractivity contribution in [2.75, 3.05) is 5.32 Å². The number of fused-ring (bicyclic) bond motifs is 2. The highest BCUT2D eigenvalue weighted by molar-refractivity contribution is 5.82. The highest BCUT2D eigenvalue weighted by Crippen LogP contribution is 2.29. The fourth-order valence-corrected chi connectivity index (χ4v) is 3.50. The molecule has 6 heteroatoms. The van der Waals surface area contributed by atoms with E-state index in [0.29, 0.717) is 12.0 Å². The van der Waals surface area contributed by atoms with Crippen LogP contribution >= 0.6 is 0 Å². The van der Waals surface area contributed by atoms with Gasteiger partial charge < -0.3 is 5.32 Å². The first-order chi connectivity index (χ1) is 11.8. The molecule has 0 radical (unpaired) electrons. The van der Waals surface area contributed by atoms with Gasteiger partial charge in [0, 0.05) is 30.2 Å². The van der Waals surface area contributed by atoms with Gasteiger partial charge in [-0.15, -0.1) is 5.10 Å². The molecule has 5 rings (SSSR count). The van der Waals surface area contributed by atoms with Gasteiger partial charge in [-0.25, -0.2) is 14.0 Å². The zero-order chi connectivity index (χ0) is 16.1. The molecule has 0 bridgehead atoms. The van der Waals surface area contributed by atoms with Crippen LogP contribution in [0.2, 0.25) is 0 Å². The summed E-state index contributed by atoms with van der Waals surface area (Å²) in [7, 11) is 0. The van der Waals surface area contributed by atoms with E-state index in [1.807, 2.05) is 33.7 Å². The summed E-state index contributed by atoms with van der Waals surface area (Å²) in [6, 6.07) is 8.79. The van der Waals surface area contributed by atoms with Gasteiger partial charge in [-0.05, 0) is 48.6 Å². The summed E-state index contributed by atoms with van der Waals surface area (Å²) in [5.41, 5.74) is 4.35. The van der Waals surface area contributed by atoms with Crippen LogP contribution in [0.5, 0.6) is 0 Å². The summed E-state index contributed by atoms with van der Waals surface area (Å²) in [5, 5.41) is 12.3. The van der Waals surface area contributed by atoms with Gasteiger partial charge in [0.1, 0.15) is 0 Å². The minimum absolute atomic E-state index is 0.511. The summed E-state index contributed by atoms with van der Waals surface area (Å²) in [6.45, 7) is 2.28. The predicted molar refractivity (Wildman–Crippen MR) is 93.0 cm³/mol. The van der Waals surface area contributed by atoms with Crippen LogP contribution in [0.4, 0.5) is 5.95 Å². The van der Waals surface area contributed by atoms with Crippen LogP contribution in [0, 0.1) is 5.92 Å². The first-order valence-corrected chi connectivity index (χ1v) is 8.31. The van der Waals surface area contributed by atoms with E-state index >= 15 is 0 Å². The third-order valence-electron chi connectivity index (χ3n) is 4.83. The number of hydrogen-bond acceptors (Lipinski definition) is 4. The molecule has 6 nitrogen and oxygen atoms in total. The van der Waals surface area contributed by atoms with Crippen LogP contribution in [-0.4, -0.2) is 30.3 Å². The molecule has 0 spiro atoms. The van der Waals surface area contributed by atoms with Gasteiger partial charge in [0.15, 0.2) is 0 Å². The number of pyridine rings is 1. The number of hydrogen-bond donors (Lipinski definition) is 1. The Labute approximate surface area is 139 Å². The Morgan fingerprint density at radius 3 is 2.88 bits per heavy atom. The average Bonchev–Trinajstić information content (AvgIpc) is 3.18. The van der Waals surface area contributed by atoms with Crippen molar-refractivity contribution >= 4 is 17.0 Å². The molecule has 0 atom stereocenters. The molecule has 1 fully saturated rings. The summed E-state index contributed by atoms with van der Waals surface area (Å²) >= 11 is 0. The van der Waals surface area contributed by atoms with Crippen molar-refractivity contribution in [3.05, 3.63) is 49.1 Å². The first kappa shape index (κ1) is 13.5. The van der Waals surface area contributed by atoms with E-state index in [1.165, 1.54) is 12.8 Å². The Morgan fingerprint density at radius 1 is 1.12 bits per heavy atom. The van der Waals surface area contributed by atoms with Crippen LogP contribution in [-0.2, 0) is 0 Å². The second-order valence-corrected chi connectivity index (χ2v) is 6.67. The Bertz CT molecular complexity index is 1020. The molecule has 1 N–H and O–H groups in total. The summed E-state index contributed by atoms with van der Waals surface area (Å²) in [4.78, 5) is 4.50. The number of rotatable bonds is 3. The molecule has 0 saturated heterocycles. The second-order valence-electron chi connectivity index (χ2n) is 6.67. The largest absolute Gasteiger partial charge is 0.350 e. The Morgan fingerprint density at radius 2 is 2.00 bits per heavy atom. The molecule has 4 aromatic heterocycles. The van der Waals surface area contributed by atoms with Crippen molar-refractivity contribution in [3.63, 3.8) is 0 Å².